The first kappa shape index (κ1) is 32.0. The summed E-state index contributed by atoms with van der Waals surface area (Å²) in [4.78, 5) is 21.3. The SMILES string of the molecule is CCCCCCCOc1ccc(-c2cnc(-c3ccc(CC(NSc4ccc(C(F)(F)F)cc4)C(=O)O)cc3)nc2)cc1. The van der Waals surface area contributed by atoms with Crippen LogP contribution >= 0.6 is 11.9 Å². The Balaban J connectivity index is 1.30. The van der Waals surface area contributed by atoms with Crippen LogP contribution in [0.25, 0.3) is 22.5 Å². The first-order valence-electron chi connectivity index (χ1n) is 14.2. The highest BCUT2D eigenvalue weighted by Crippen LogP contribution is 2.30. The molecule has 0 bridgehead atoms. The maximum absolute atomic E-state index is 12.8. The van der Waals surface area contributed by atoms with Gasteiger partial charge in [0.05, 0.1) is 12.2 Å². The van der Waals surface area contributed by atoms with Crippen LogP contribution < -0.4 is 9.46 Å². The van der Waals surface area contributed by atoms with Crippen molar-refractivity contribution in [3.8, 4) is 28.3 Å². The number of aromatic nitrogens is 2. The quantitative estimate of drug-likeness (QED) is 0.103. The van der Waals surface area contributed by atoms with Gasteiger partial charge in [0.1, 0.15) is 11.8 Å². The minimum absolute atomic E-state index is 0.182. The fourth-order valence-corrected chi connectivity index (χ4v) is 5.06. The molecule has 1 unspecified atom stereocenters. The highest BCUT2D eigenvalue weighted by molar-refractivity contribution is 7.97. The van der Waals surface area contributed by atoms with Crippen molar-refractivity contribution in [2.24, 2.45) is 0 Å². The van der Waals surface area contributed by atoms with Gasteiger partial charge in [-0.3, -0.25) is 4.79 Å². The van der Waals surface area contributed by atoms with E-state index in [4.69, 9.17) is 4.74 Å². The molecule has 0 spiro atoms. The number of nitrogens with zero attached hydrogens (tertiary/aromatic N) is 2. The molecule has 226 valence electrons. The predicted octanol–water partition coefficient (Wildman–Crippen LogP) is 8.47. The van der Waals surface area contributed by atoms with E-state index in [1.54, 1.807) is 12.4 Å². The Morgan fingerprint density at radius 2 is 1.49 bits per heavy atom. The van der Waals surface area contributed by atoms with E-state index in [1.807, 2.05) is 48.5 Å². The number of rotatable bonds is 15. The van der Waals surface area contributed by atoms with Gasteiger partial charge in [-0.1, -0.05) is 69.0 Å². The lowest BCUT2D eigenvalue weighted by Gasteiger charge is -2.14. The molecule has 1 atom stereocenters. The molecule has 2 N–H and O–H groups in total. The van der Waals surface area contributed by atoms with Gasteiger partial charge < -0.3 is 9.84 Å². The molecule has 0 fully saturated rings. The number of nitrogens with one attached hydrogen (secondary N) is 1. The third-order valence-electron chi connectivity index (χ3n) is 6.81. The molecule has 0 aliphatic carbocycles. The molecule has 0 aliphatic heterocycles. The fourth-order valence-electron chi connectivity index (χ4n) is 4.32. The number of halogens is 3. The van der Waals surface area contributed by atoms with Crippen LogP contribution in [0.15, 0.2) is 90.1 Å². The summed E-state index contributed by atoms with van der Waals surface area (Å²) in [5, 5.41) is 9.65. The van der Waals surface area contributed by atoms with Crippen molar-refractivity contribution in [2.45, 2.75) is 62.6 Å². The summed E-state index contributed by atoms with van der Waals surface area (Å²) < 4.78 is 47.0. The molecule has 0 saturated heterocycles. The summed E-state index contributed by atoms with van der Waals surface area (Å²) in [6, 6.07) is 18.8. The molecular formula is C33H34F3N3O3S. The second kappa shape index (κ2) is 15.5. The summed E-state index contributed by atoms with van der Waals surface area (Å²) in [7, 11) is 0. The summed E-state index contributed by atoms with van der Waals surface area (Å²) in [5.74, 6) is 0.323. The van der Waals surface area contributed by atoms with Gasteiger partial charge in [-0.15, -0.1) is 0 Å². The highest BCUT2D eigenvalue weighted by Gasteiger charge is 2.30. The summed E-state index contributed by atoms with van der Waals surface area (Å²) in [6.45, 7) is 2.92. The van der Waals surface area contributed by atoms with Crippen molar-refractivity contribution in [1.29, 1.82) is 0 Å². The van der Waals surface area contributed by atoms with Gasteiger partial charge in [0.25, 0.3) is 0 Å². The van der Waals surface area contributed by atoms with E-state index >= 15 is 0 Å². The van der Waals surface area contributed by atoms with Crippen molar-refractivity contribution < 1.29 is 27.8 Å². The topological polar surface area (TPSA) is 84.3 Å². The van der Waals surface area contributed by atoms with Crippen LogP contribution in [0, 0.1) is 0 Å². The zero-order valence-electron chi connectivity index (χ0n) is 23.8. The maximum Gasteiger partial charge on any atom is 0.416 e. The first-order valence-corrected chi connectivity index (χ1v) is 15.0. The van der Waals surface area contributed by atoms with Gasteiger partial charge in [-0.05, 0) is 72.3 Å². The van der Waals surface area contributed by atoms with Gasteiger partial charge in [-0.2, -0.15) is 13.2 Å². The number of carbonyl (C=O) groups is 1. The van der Waals surface area contributed by atoms with E-state index in [9.17, 15) is 23.1 Å². The molecule has 4 aromatic rings. The largest absolute Gasteiger partial charge is 0.494 e. The predicted molar refractivity (Wildman–Crippen MR) is 163 cm³/mol. The Morgan fingerprint density at radius 3 is 2.09 bits per heavy atom. The van der Waals surface area contributed by atoms with Crippen LogP contribution in [-0.4, -0.2) is 33.7 Å². The van der Waals surface area contributed by atoms with E-state index < -0.39 is 23.8 Å². The number of benzene rings is 3. The minimum atomic E-state index is -4.42. The number of unbranched alkanes of at least 4 members (excludes halogenated alkanes) is 4. The highest BCUT2D eigenvalue weighted by atomic mass is 32.2. The van der Waals surface area contributed by atoms with Crippen molar-refractivity contribution in [1.82, 2.24) is 14.7 Å². The maximum atomic E-state index is 12.8. The second-order valence-corrected chi connectivity index (χ2v) is 11.0. The van der Waals surface area contributed by atoms with Crippen LogP contribution in [0.1, 0.15) is 50.2 Å². The smallest absolute Gasteiger partial charge is 0.416 e. The van der Waals surface area contributed by atoms with Gasteiger partial charge >= 0.3 is 12.1 Å². The van der Waals surface area contributed by atoms with Crippen LogP contribution in [0.3, 0.4) is 0 Å². The van der Waals surface area contributed by atoms with Crippen LogP contribution in [0.4, 0.5) is 13.2 Å². The number of alkyl halides is 3. The van der Waals surface area contributed by atoms with Gasteiger partial charge in [0, 0.05) is 28.4 Å². The molecule has 0 amide bonds. The molecule has 4 rings (SSSR count). The Hall–Kier alpha value is -3.89. The number of aliphatic carboxylic acids is 1. The summed E-state index contributed by atoms with van der Waals surface area (Å²) >= 11 is 0.977. The van der Waals surface area contributed by atoms with Crippen molar-refractivity contribution in [2.75, 3.05) is 6.61 Å². The molecule has 1 heterocycles. The molecule has 6 nitrogen and oxygen atoms in total. The van der Waals surface area contributed by atoms with Crippen molar-refractivity contribution in [3.05, 3.63) is 96.3 Å². The van der Waals surface area contributed by atoms with E-state index in [2.05, 4.69) is 21.6 Å². The van der Waals surface area contributed by atoms with Gasteiger partial charge in [-0.25, -0.2) is 14.7 Å². The van der Waals surface area contributed by atoms with Crippen LogP contribution in [0.2, 0.25) is 0 Å². The third-order valence-corrected chi connectivity index (χ3v) is 7.72. The molecule has 0 radical (unpaired) electrons. The Morgan fingerprint density at radius 1 is 0.860 bits per heavy atom. The van der Waals surface area contributed by atoms with E-state index in [0.29, 0.717) is 10.7 Å². The Bertz CT molecular complexity index is 1430. The first-order chi connectivity index (χ1) is 20.7. The molecular weight excluding hydrogens is 575 g/mol. The second-order valence-electron chi connectivity index (χ2n) is 10.1. The van der Waals surface area contributed by atoms with Crippen LogP contribution in [0.5, 0.6) is 5.75 Å². The average molecular weight is 610 g/mol. The summed E-state index contributed by atoms with van der Waals surface area (Å²) in [5.41, 5.74) is 2.67. The Kier molecular flexibility index (Phi) is 11.6. The number of hydrogen-bond donors (Lipinski definition) is 2. The van der Waals surface area contributed by atoms with Crippen molar-refractivity contribution >= 4 is 17.9 Å². The molecule has 0 aliphatic rings. The average Bonchev–Trinajstić information content (AvgIpc) is 3.01. The molecule has 1 aromatic heterocycles. The monoisotopic (exact) mass is 609 g/mol. The fraction of sp³-hybridized carbons (Fsp3) is 0.303. The Labute approximate surface area is 253 Å². The summed E-state index contributed by atoms with van der Waals surface area (Å²) in [6.07, 6.45) is 5.28. The zero-order valence-corrected chi connectivity index (χ0v) is 24.6. The number of carboxylic acid groups (broad SMARTS) is 1. The van der Waals surface area contributed by atoms with E-state index in [0.717, 1.165) is 65.1 Å². The molecule has 43 heavy (non-hydrogen) atoms. The molecule has 3 aromatic carbocycles. The molecule has 10 heteroatoms. The minimum Gasteiger partial charge on any atom is -0.494 e. The van der Waals surface area contributed by atoms with E-state index in [-0.39, 0.29) is 6.42 Å². The number of carboxylic acids is 1. The zero-order chi connectivity index (χ0) is 30.7. The third kappa shape index (κ3) is 9.83. The van der Waals surface area contributed by atoms with Crippen LogP contribution in [-0.2, 0) is 17.4 Å². The lowest BCUT2D eigenvalue weighted by molar-refractivity contribution is -0.139. The normalized spacial score (nSPS) is 12.2. The van der Waals surface area contributed by atoms with Gasteiger partial charge in [0.2, 0.25) is 0 Å². The lowest BCUT2D eigenvalue weighted by Crippen LogP contribution is -2.34. The molecule has 0 saturated carbocycles. The van der Waals surface area contributed by atoms with E-state index in [1.165, 1.54) is 37.8 Å². The number of hydrogen-bond acceptors (Lipinski definition) is 6. The van der Waals surface area contributed by atoms with Gasteiger partial charge in [0.15, 0.2) is 5.82 Å². The standard InChI is InChI=1S/C33H34F3N3O3S/c1-2-3-4-5-6-19-42-28-15-11-24(12-16-28)26-21-37-31(38-22-26)25-9-7-23(8-10-25)20-30(32(40)41)39-43-29-17-13-27(14-18-29)33(34,35)36/h7-18,21-22,30,39H,2-6,19-20H2,1H3,(H,40,41). The number of ether oxygens (including phenoxy) is 1. The van der Waals surface area contributed by atoms with Crippen molar-refractivity contribution in [3.63, 3.8) is 0 Å². The lowest BCUT2D eigenvalue weighted by atomic mass is 10.0.